The van der Waals surface area contributed by atoms with E-state index in [1.54, 1.807) is 5.56 Å². The average molecular weight is 311 g/mol. The molecule has 2 bridgehead atoms. The Labute approximate surface area is 137 Å². The van der Waals surface area contributed by atoms with E-state index in [1.807, 2.05) is 0 Å². The summed E-state index contributed by atoms with van der Waals surface area (Å²) in [4.78, 5) is 0. The zero-order valence-electron chi connectivity index (χ0n) is 14.6. The molecule has 4 aliphatic carbocycles. The van der Waals surface area contributed by atoms with Crippen LogP contribution >= 0.6 is 0 Å². The Morgan fingerprint density at radius 3 is 2.64 bits per heavy atom. The zero-order valence-corrected chi connectivity index (χ0v) is 15.6. The van der Waals surface area contributed by atoms with Crippen LogP contribution < -0.4 is 0 Å². The van der Waals surface area contributed by atoms with E-state index in [0.717, 1.165) is 23.3 Å². The average Bonchev–Trinajstić information content (AvgIpc) is 2.91. The van der Waals surface area contributed by atoms with Gasteiger partial charge in [0.25, 0.3) is 0 Å². The van der Waals surface area contributed by atoms with Crippen molar-refractivity contribution in [3.8, 4) is 0 Å². The summed E-state index contributed by atoms with van der Waals surface area (Å²) < 4.78 is 0. The molecule has 0 unspecified atom stereocenters. The van der Waals surface area contributed by atoms with Crippen LogP contribution in [0.5, 0.6) is 0 Å². The number of hydrogen-bond donors (Lipinski definition) is 0. The maximum atomic E-state index is 2.64. The number of fused-ring (bicyclic) bond motifs is 3. The largest absolute Gasteiger partial charge is 0.0791 e. The van der Waals surface area contributed by atoms with Gasteiger partial charge in [-0.1, -0.05) is 75.8 Å². The molecule has 0 spiro atoms. The Hall–Kier alpha value is -0.823. The Balaban J connectivity index is 1.54. The SMILES string of the molecule is CC1(C)[C@@H]2CC[C@@H](C[Si](C)(C)[C@@H]3C=Cc4ccccc43)[C@H]1C2. The number of hydrogen-bond acceptors (Lipinski definition) is 0. The molecule has 4 atom stereocenters. The maximum absolute atomic E-state index is 2.64. The molecule has 0 N–H and O–H groups in total. The van der Waals surface area contributed by atoms with Crippen LogP contribution in [-0.4, -0.2) is 8.07 Å². The molecule has 0 radical (unpaired) electrons. The van der Waals surface area contributed by atoms with E-state index in [9.17, 15) is 0 Å². The van der Waals surface area contributed by atoms with E-state index in [-0.39, 0.29) is 0 Å². The lowest BCUT2D eigenvalue weighted by Crippen LogP contribution is -2.54. The second-order valence-corrected chi connectivity index (χ2v) is 14.4. The summed E-state index contributed by atoms with van der Waals surface area (Å²) in [6, 6.07) is 10.6. The second kappa shape index (κ2) is 4.83. The fourth-order valence-electron chi connectivity index (χ4n) is 5.94. The number of benzene rings is 1. The first-order valence-corrected chi connectivity index (χ1v) is 12.4. The highest BCUT2D eigenvalue weighted by Crippen LogP contribution is 2.63. The molecule has 0 aliphatic heterocycles. The summed E-state index contributed by atoms with van der Waals surface area (Å²) in [5.74, 6) is 3.05. The highest BCUT2D eigenvalue weighted by atomic mass is 28.3. The number of rotatable bonds is 3. The monoisotopic (exact) mass is 310 g/mol. The van der Waals surface area contributed by atoms with Crippen LogP contribution in [-0.2, 0) is 0 Å². The van der Waals surface area contributed by atoms with Gasteiger partial charge in [0.05, 0.1) is 8.07 Å². The molecule has 118 valence electrons. The molecule has 3 saturated carbocycles. The van der Waals surface area contributed by atoms with Crippen molar-refractivity contribution in [2.45, 2.75) is 57.8 Å². The minimum Gasteiger partial charge on any atom is -0.0791 e. The van der Waals surface area contributed by atoms with Crippen LogP contribution in [0.4, 0.5) is 0 Å². The van der Waals surface area contributed by atoms with Crippen LogP contribution in [0.25, 0.3) is 6.08 Å². The topological polar surface area (TPSA) is 0 Å². The molecule has 0 aromatic heterocycles. The Bertz CT molecular complexity index is 608. The summed E-state index contributed by atoms with van der Waals surface area (Å²) in [5, 5.41) is 0. The molecule has 4 aliphatic rings. The molecule has 1 heteroatoms. The standard InChI is InChI=1S/C21H30Si/c1-21(2)17-11-9-16(19(21)13-17)14-22(3,4)20-12-10-15-7-5-6-8-18(15)20/h5-8,10,12,16-17,19-20H,9,11,13-14H2,1-4H3/t16-,17+,19+,20+/m0/s1. The number of allylic oxidation sites excluding steroid dienone is 1. The summed E-state index contributed by atoms with van der Waals surface area (Å²) in [6.45, 7) is 10.4. The third kappa shape index (κ3) is 2.08. The van der Waals surface area contributed by atoms with Crippen LogP contribution in [0.1, 0.15) is 49.8 Å². The van der Waals surface area contributed by atoms with Gasteiger partial charge >= 0.3 is 0 Å². The molecule has 3 fully saturated rings. The first-order valence-electron chi connectivity index (χ1n) is 9.17. The van der Waals surface area contributed by atoms with Crippen LogP contribution in [0.2, 0.25) is 19.1 Å². The molecule has 22 heavy (non-hydrogen) atoms. The Morgan fingerprint density at radius 2 is 1.91 bits per heavy atom. The highest BCUT2D eigenvalue weighted by Gasteiger charge is 2.55. The van der Waals surface area contributed by atoms with Crippen molar-refractivity contribution in [3.63, 3.8) is 0 Å². The smallest absolute Gasteiger partial charge is 0.0599 e. The minimum atomic E-state index is -1.28. The summed E-state index contributed by atoms with van der Waals surface area (Å²) in [5.41, 5.74) is 4.46. The molecule has 5 rings (SSSR count). The molecule has 0 saturated heterocycles. The van der Waals surface area contributed by atoms with Crippen molar-refractivity contribution in [2.24, 2.45) is 23.2 Å². The van der Waals surface area contributed by atoms with Gasteiger partial charge in [0.15, 0.2) is 0 Å². The fraction of sp³-hybridized carbons (Fsp3) is 0.619. The Morgan fingerprint density at radius 1 is 1.14 bits per heavy atom. The van der Waals surface area contributed by atoms with Crippen LogP contribution in [0.15, 0.2) is 30.3 Å². The van der Waals surface area contributed by atoms with Gasteiger partial charge in [0.1, 0.15) is 0 Å². The van der Waals surface area contributed by atoms with E-state index >= 15 is 0 Å². The molecule has 0 nitrogen and oxygen atoms in total. The van der Waals surface area contributed by atoms with Gasteiger partial charge in [-0.25, -0.2) is 0 Å². The maximum Gasteiger partial charge on any atom is 0.0599 e. The van der Waals surface area contributed by atoms with Gasteiger partial charge in [-0.15, -0.1) is 0 Å². The van der Waals surface area contributed by atoms with Gasteiger partial charge in [0.2, 0.25) is 0 Å². The summed E-state index contributed by atoms with van der Waals surface area (Å²) in [7, 11) is -1.28. The molecule has 1 aromatic rings. The second-order valence-electron chi connectivity index (χ2n) is 9.36. The van der Waals surface area contributed by atoms with Gasteiger partial charge < -0.3 is 0 Å². The zero-order chi connectivity index (χ0) is 15.5. The van der Waals surface area contributed by atoms with Crippen molar-refractivity contribution in [1.82, 2.24) is 0 Å². The highest BCUT2D eigenvalue weighted by molar-refractivity contribution is 6.79. The van der Waals surface area contributed by atoms with Crippen molar-refractivity contribution in [3.05, 3.63) is 41.5 Å². The fourth-order valence-corrected chi connectivity index (χ4v) is 9.76. The quantitative estimate of drug-likeness (QED) is 0.590. The van der Waals surface area contributed by atoms with E-state index in [1.165, 1.54) is 30.9 Å². The molecular formula is C21H30Si. The van der Waals surface area contributed by atoms with Gasteiger partial charge in [-0.3, -0.25) is 0 Å². The predicted octanol–water partition coefficient (Wildman–Crippen LogP) is 6.12. The van der Waals surface area contributed by atoms with Gasteiger partial charge in [0, 0.05) is 0 Å². The van der Waals surface area contributed by atoms with E-state index in [0.29, 0.717) is 5.41 Å². The first kappa shape index (κ1) is 14.7. The van der Waals surface area contributed by atoms with Crippen LogP contribution in [0.3, 0.4) is 0 Å². The van der Waals surface area contributed by atoms with Gasteiger partial charge in [-0.2, -0.15) is 0 Å². The predicted molar refractivity (Wildman–Crippen MR) is 98.6 cm³/mol. The third-order valence-electron chi connectivity index (χ3n) is 7.43. The van der Waals surface area contributed by atoms with E-state index < -0.39 is 8.07 Å². The van der Waals surface area contributed by atoms with Gasteiger partial charge in [-0.05, 0) is 52.7 Å². The normalized spacial score (nSPS) is 35.1. The Kier molecular flexibility index (Phi) is 3.24. The van der Waals surface area contributed by atoms with Crippen LogP contribution in [0, 0.1) is 23.2 Å². The summed E-state index contributed by atoms with van der Waals surface area (Å²) in [6.07, 6.45) is 9.43. The lowest BCUT2D eigenvalue weighted by atomic mass is 9.46. The molecular weight excluding hydrogens is 280 g/mol. The molecule has 1 aromatic carbocycles. The van der Waals surface area contributed by atoms with E-state index in [2.05, 4.69) is 63.4 Å². The van der Waals surface area contributed by atoms with E-state index in [4.69, 9.17) is 0 Å². The first-order chi connectivity index (χ1) is 10.4. The summed E-state index contributed by atoms with van der Waals surface area (Å²) >= 11 is 0. The van der Waals surface area contributed by atoms with Crippen molar-refractivity contribution in [2.75, 3.05) is 0 Å². The van der Waals surface area contributed by atoms with Crippen molar-refractivity contribution in [1.29, 1.82) is 0 Å². The lowest BCUT2D eigenvalue weighted by Gasteiger charge is -2.61. The van der Waals surface area contributed by atoms with Crippen molar-refractivity contribution >= 4 is 14.1 Å². The van der Waals surface area contributed by atoms with Crippen molar-refractivity contribution < 1.29 is 0 Å². The molecule has 0 amide bonds. The minimum absolute atomic E-state index is 0.636. The third-order valence-corrected chi connectivity index (χ3v) is 11.2. The molecule has 0 heterocycles. The lowest BCUT2D eigenvalue weighted by molar-refractivity contribution is -0.0991.